The van der Waals surface area contributed by atoms with E-state index in [1.54, 1.807) is 26.7 Å². The minimum Gasteiger partial charge on any atom is -0.216 e. The summed E-state index contributed by atoms with van der Waals surface area (Å²) in [5.41, 5.74) is 0. The predicted molar refractivity (Wildman–Crippen MR) is 43.1 cm³/mol. The van der Waals surface area contributed by atoms with Crippen LogP contribution >= 0.6 is 15.4 Å². The molecule has 0 aromatic heterocycles. The van der Waals surface area contributed by atoms with Gasteiger partial charge in [0.2, 0.25) is 0 Å². The van der Waals surface area contributed by atoms with Gasteiger partial charge in [-0.15, -0.1) is 0 Å². The van der Waals surface area contributed by atoms with Gasteiger partial charge in [0.1, 0.15) is 26.7 Å². The molecule has 0 aliphatic carbocycles. The second kappa shape index (κ2) is 2.77. The molecule has 0 aliphatic heterocycles. The van der Waals surface area contributed by atoms with Crippen LogP contribution in [0.25, 0.3) is 0 Å². The second-order valence-corrected chi connectivity index (χ2v) is 8.50. The monoisotopic (exact) mass is 172 g/mol. The Labute approximate surface area is 57.1 Å². The summed E-state index contributed by atoms with van der Waals surface area (Å²) < 4.78 is 4.96. The molecule has 0 spiro atoms. The van der Waals surface area contributed by atoms with Crippen LogP contribution in [-0.2, 0) is 4.31 Å². The van der Waals surface area contributed by atoms with Gasteiger partial charge in [0, 0.05) is 0 Å². The van der Waals surface area contributed by atoms with Gasteiger partial charge in [-0.1, -0.05) is 0 Å². The van der Waals surface area contributed by atoms with E-state index >= 15 is 0 Å². The van der Waals surface area contributed by atoms with Crippen LogP contribution in [0.5, 0.6) is 0 Å². The molecule has 0 aromatic carbocycles. The minimum absolute atomic E-state index is 1.60. The first-order valence-corrected chi connectivity index (χ1v) is 7.66. The zero-order valence-electron chi connectivity index (χ0n) is 6.20. The SMILES string of the molecule is C[P+](C)(O)O[P+](C)(C)O. The van der Waals surface area contributed by atoms with Crippen molar-refractivity contribution in [3.8, 4) is 0 Å². The number of rotatable bonds is 2. The lowest BCUT2D eigenvalue weighted by Gasteiger charge is -2.09. The fourth-order valence-corrected chi connectivity index (χ4v) is 4.40. The molecule has 0 radical (unpaired) electrons. The van der Waals surface area contributed by atoms with Crippen LogP contribution in [0.4, 0.5) is 0 Å². The van der Waals surface area contributed by atoms with E-state index in [0.29, 0.717) is 0 Å². The van der Waals surface area contributed by atoms with Crippen molar-refractivity contribution in [1.82, 2.24) is 0 Å². The molecule has 0 heterocycles. The molecule has 0 saturated heterocycles. The lowest BCUT2D eigenvalue weighted by Crippen LogP contribution is -1.95. The van der Waals surface area contributed by atoms with Crippen LogP contribution in [0.15, 0.2) is 0 Å². The lowest BCUT2D eigenvalue weighted by molar-refractivity contribution is 0.435. The van der Waals surface area contributed by atoms with Crippen molar-refractivity contribution in [1.29, 1.82) is 0 Å². The number of hydrogen-bond acceptors (Lipinski definition) is 3. The van der Waals surface area contributed by atoms with E-state index in [2.05, 4.69) is 0 Å². The number of hydrogen-bond donors (Lipinski definition) is 2. The molecule has 0 atom stereocenters. The van der Waals surface area contributed by atoms with Crippen LogP contribution < -0.4 is 0 Å². The Morgan fingerprint density at radius 1 is 0.889 bits per heavy atom. The zero-order chi connectivity index (χ0) is 7.71. The Kier molecular flexibility index (Phi) is 3.00. The largest absolute Gasteiger partial charge is 0.317 e. The van der Waals surface area contributed by atoms with Crippen LogP contribution in [0, 0.1) is 0 Å². The van der Waals surface area contributed by atoms with Crippen LogP contribution in [0.3, 0.4) is 0 Å². The van der Waals surface area contributed by atoms with E-state index in [9.17, 15) is 0 Å². The van der Waals surface area contributed by atoms with Gasteiger partial charge in [-0.05, 0) is 4.31 Å². The van der Waals surface area contributed by atoms with Crippen molar-refractivity contribution in [2.75, 3.05) is 26.7 Å². The Balaban J connectivity index is 3.75. The van der Waals surface area contributed by atoms with Crippen molar-refractivity contribution >= 4 is 15.4 Å². The predicted octanol–water partition coefficient (Wildman–Crippen LogP) is 1.20. The molecule has 0 unspecified atom stereocenters. The molecule has 3 nitrogen and oxygen atoms in total. The summed E-state index contributed by atoms with van der Waals surface area (Å²) in [5.74, 6) is 0. The third-order valence-electron chi connectivity index (χ3n) is 0.400. The molecule has 9 heavy (non-hydrogen) atoms. The maximum absolute atomic E-state index is 9.11. The summed E-state index contributed by atoms with van der Waals surface area (Å²) >= 11 is 0. The van der Waals surface area contributed by atoms with Crippen LogP contribution in [0.1, 0.15) is 0 Å². The molecule has 0 aliphatic rings. The molecule has 0 amide bonds. The van der Waals surface area contributed by atoms with Gasteiger partial charge in [0.15, 0.2) is 0 Å². The van der Waals surface area contributed by atoms with E-state index < -0.39 is 15.4 Å². The molecule has 56 valence electrons. The highest BCUT2D eigenvalue weighted by Gasteiger charge is 2.40. The quantitative estimate of drug-likeness (QED) is 0.615. The Morgan fingerprint density at radius 3 is 1.11 bits per heavy atom. The maximum atomic E-state index is 9.11. The van der Waals surface area contributed by atoms with Gasteiger partial charge in [0.25, 0.3) is 0 Å². The zero-order valence-corrected chi connectivity index (χ0v) is 7.99. The van der Waals surface area contributed by atoms with E-state index in [4.69, 9.17) is 14.1 Å². The molecule has 5 heteroatoms. The summed E-state index contributed by atoms with van der Waals surface area (Å²) in [6.07, 6.45) is 0. The van der Waals surface area contributed by atoms with Gasteiger partial charge in [-0.2, -0.15) is 0 Å². The molecule has 0 saturated carbocycles. The fraction of sp³-hybridized carbons (Fsp3) is 1.00. The normalized spacial score (nSPS) is 14.0. The summed E-state index contributed by atoms with van der Waals surface area (Å²) in [6.45, 7) is 6.41. The average Bonchev–Trinajstić information content (AvgIpc) is 1.14. The van der Waals surface area contributed by atoms with Crippen molar-refractivity contribution < 1.29 is 14.1 Å². The molecule has 2 N–H and O–H groups in total. The minimum atomic E-state index is -2.24. The summed E-state index contributed by atoms with van der Waals surface area (Å²) in [4.78, 5) is 18.2. The molecular weight excluding hydrogens is 158 g/mol. The van der Waals surface area contributed by atoms with Crippen molar-refractivity contribution in [3.63, 3.8) is 0 Å². The highest BCUT2D eigenvalue weighted by atomic mass is 31.3. The van der Waals surface area contributed by atoms with Crippen LogP contribution in [0.2, 0.25) is 0 Å². The third kappa shape index (κ3) is 8.74. The summed E-state index contributed by atoms with van der Waals surface area (Å²) in [7, 11) is -4.48. The molecular formula is C4H14O3P2+2. The van der Waals surface area contributed by atoms with Crippen molar-refractivity contribution in [2.45, 2.75) is 0 Å². The van der Waals surface area contributed by atoms with Gasteiger partial charge >= 0.3 is 15.4 Å². The Bertz CT molecular complexity index is 79.0. The second-order valence-electron chi connectivity index (χ2n) is 2.67. The molecule has 0 fully saturated rings. The first-order valence-electron chi connectivity index (χ1n) is 2.55. The highest BCUT2D eigenvalue weighted by molar-refractivity contribution is 7.77. The highest BCUT2D eigenvalue weighted by Crippen LogP contribution is 2.65. The average molecular weight is 172 g/mol. The summed E-state index contributed by atoms with van der Waals surface area (Å²) in [5, 5.41) is 0. The lowest BCUT2D eigenvalue weighted by atomic mass is 11.9. The van der Waals surface area contributed by atoms with Gasteiger partial charge in [-0.3, -0.25) is 0 Å². The van der Waals surface area contributed by atoms with E-state index in [-0.39, 0.29) is 0 Å². The third-order valence-corrected chi connectivity index (χ3v) is 3.60. The Morgan fingerprint density at radius 2 is 1.11 bits per heavy atom. The fourth-order valence-electron chi connectivity index (χ4n) is 0.489. The molecule has 0 bridgehead atoms. The van der Waals surface area contributed by atoms with Gasteiger partial charge < -0.3 is 0 Å². The topological polar surface area (TPSA) is 49.7 Å². The molecule has 0 rings (SSSR count). The van der Waals surface area contributed by atoms with Crippen molar-refractivity contribution in [2.24, 2.45) is 0 Å². The van der Waals surface area contributed by atoms with Crippen LogP contribution in [-0.4, -0.2) is 36.4 Å². The van der Waals surface area contributed by atoms with E-state index in [1.165, 1.54) is 0 Å². The van der Waals surface area contributed by atoms with Crippen molar-refractivity contribution in [3.05, 3.63) is 0 Å². The van der Waals surface area contributed by atoms with Gasteiger partial charge in [-0.25, -0.2) is 9.79 Å². The Hall–Kier alpha value is 0.740. The maximum Gasteiger partial charge on any atom is 0.317 e. The smallest absolute Gasteiger partial charge is 0.216 e. The van der Waals surface area contributed by atoms with E-state index in [0.717, 1.165) is 0 Å². The first kappa shape index (κ1) is 9.74. The van der Waals surface area contributed by atoms with E-state index in [1.807, 2.05) is 0 Å². The molecule has 0 aromatic rings. The first-order chi connectivity index (χ1) is 3.71. The standard InChI is InChI=1S/C4H14O3P2/c1-8(2,5)7-9(3,4)6/h5-6H,1-4H3/q+2. The van der Waals surface area contributed by atoms with Gasteiger partial charge in [0.05, 0.1) is 0 Å². The summed E-state index contributed by atoms with van der Waals surface area (Å²) in [6, 6.07) is 0.